The summed E-state index contributed by atoms with van der Waals surface area (Å²) in [7, 11) is 0. The normalized spacial score (nSPS) is 11.9. The van der Waals surface area contributed by atoms with Gasteiger partial charge in [-0.25, -0.2) is 4.79 Å². The Labute approximate surface area is 95.2 Å². The number of amides is 1. The maximum atomic E-state index is 11.3. The monoisotopic (exact) mass is 223 g/mol. The van der Waals surface area contributed by atoms with Crippen LogP contribution in [0, 0.1) is 0 Å². The van der Waals surface area contributed by atoms with Gasteiger partial charge in [-0.2, -0.15) is 0 Å². The summed E-state index contributed by atoms with van der Waals surface area (Å²) >= 11 is 0. The molecule has 0 saturated heterocycles. The summed E-state index contributed by atoms with van der Waals surface area (Å²) in [5, 5.41) is 11.3. The van der Waals surface area contributed by atoms with E-state index < -0.39 is 6.09 Å². The first kappa shape index (κ1) is 12.5. The van der Waals surface area contributed by atoms with Gasteiger partial charge >= 0.3 is 6.09 Å². The first-order valence-electron chi connectivity index (χ1n) is 5.37. The molecule has 0 aliphatic rings. The number of alkyl carbamates (subject to hydrolysis) is 1. The molecule has 1 aromatic rings. The highest BCUT2D eigenvalue weighted by Crippen LogP contribution is 2.15. The maximum Gasteiger partial charge on any atom is 0.407 e. The summed E-state index contributed by atoms with van der Waals surface area (Å²) in [5.74, 6) is 0. The van der Waals surface area contributed by atoms with E-state index in [-0.39, 0.29) is 19.3 Å². The van der Waals surface area contributed by atoms with Crippen molar-refractivity contribution in [1.82, 2.24) is 5.32 Å². The molecule has 4 heteroatoms. The Bertz CT molecular complexity index is 313. The molecular formula is C12H17NO3. The second kappa shape index (κ2) is 6.85. The highest BCUT2D eigenvalue weighted by atomic mass is 16.6. The molecule has 0 aromatic heterocycles. The van der Waals surface area contributed by atoms with Gasteiger partial charge in [-0.1, -0.05) is 37.3 Å². The standard InChI is InChI=1S/C12H17NO3/c1-2-11(10-6-4-3-5-7-10)13-12(15)16-9-8-14/h3-7,11,14H,2,8-9H2,1H3,(H,13,15). The molecule has 0 spiro atoms. The zero-order chi connectivity index (χ0) is 11.8. The van der Waals surface area contributed by atoms with Crippen molar-refractivity contribution in [2.24, 2.45) is 0 Å². The van der Waals surface area contributed by atoms with Gasteiger partial charge in [-0.05, 0) is 12.0 Å². The highest BCUT2D eigenvalue weighted by molar-refractivity contribution is 5.67. The summed E-state index contributed by atoms with van der Waals surface area (Å²) < 4.78 is 4.74. The van der Waals surface area contributed by atoms with Crippen LogP contribution in [0.3, 0.4) is 0 Å². The number of nitrogens with one attached hydrogen (secondary N) is 1. The van der Waals surface area contributed by atoms with Gasteiger partial charge in [-0.15, -0.1) is 0 Å². The molecule has 1 atom stereocenters. The van der Waals surface area contributed by atoms with E-state index in [1.165, 1.54) is 0 Å². The van der Waals surface area contributed by atoms with Crippen LogP contribution in [-0.2, 0) is 4.74 Å². The molecule has 0 aliphatic heterocycles. The number of carbonyl (C=O) groups excluding carboxylic acids is 1. The number of rotatable bonds is 5. The van der Waals surface area contributed by atoms with E-state index in [1.807, 2.05) is 37.3 Å². The van der Waals surface area contributed by atoms with Crippen LogP contribution in [0.2, 0.25) is 0 Å². The molecule has 0 radical (unpaired) electrons. The molecule has 0 fully saturated rings. The fourth-order valence-electron chi connectivity index (χ4n) is 1.43. The Morgan fingerprint density at radius 1 is 1.44 bits per heavy atom. The average molecular weight is 223 g/mol. The molecule has 0 heterocycles. The Hall–Kier alpha value is -1.55. The van der Waals surface area contributed by atoms with Gasteiger partial charge in [0.25, 0.3) is 0 Å². The molecule has 0 aliphatic carbocycles. The summed E-state index contributed by atoms with van der Waals surface area (Å²) in [6.45, 7) is 1.86. The van der Waals surface area contributed by atoms with Gasteiger partial charge in [0.15, 0.2) is 0 Å². The number of ether oxygens (including phenoxy) is 1. The largest absolute Gasteiger partial charge is 0.447 e. The van der Waals surface area contributed by atoms with Crippen molar-refractivity contribution < 1.29 is 14.6 Å². The molecule has 16 heavy (non-hydrogen) atoms. The van der Waals surface area contributed by atoms with Gasteiger partial charge in [0.1, 0.15) is 6.61 Å². The van der Waals surface area contributed by atoms with Gasteiger partial charge in [-0.3, -0.25) is 0 Å². The van der Waals surface area contributed by atoms with Crippen LogP contribution < -0.4 is 5.32 Å². The van der Waals surface area contributed by atoms with Crippen LogP contribution in [0.25, 0.3) is 0 Å². The third-order valence-corrected chi connectivity index (χ3v) is 2.23. The van der Waals surface area contributed by atoms with Gasteiger partial charge in [0.05, 0.1) is 12.6 Å². The molecule has 0 saturated carbocycles. The fraction of sp³-hybridized carbons (Fsp3) is 0.417. The Kier molecular flexibility index (Phi) is 5.36. The van der Waals surface area contributed by atoms with Gasteiger partial charge < -0.3 is 15.2 Å². The Morgan fingerprint density at radius 2 is 2.12 bits per heavy atom. The lowest BCUT2D eigenvalue weighted by atomic mass is 10.1. The molecule has 1 amide bonds. The van der Waals surface area contributed by atoms with E-state index in [0.29, 0.717) is 0 Å². The number of hydrogen-bond acceptors (Lipinski definition) is 3. The lowest BCUT2D eigenvalue weighted by Gasteiger charge is -2.16. The van der Waals surface area contributed by atoms with Crippen molar-refractivity contribution in [3.8, 4) is 0 Å². The van der Waals surface area contributed by atoms with Crippen molar-refractivity contribution in [1.29, 1.82) is 0 Å². The van der Waals surface area contributed by atoms with E-state index in [9.17, 15) is 4.79 Å². The van der Waals surface area contributed by atoms with Crippen LogP contribution in [0.15, 0.2) is 30.3 Å². The molecule has 1 rings (SSSR count). The van der Waals surface area contributed by atoms with Crippen molar-refractivity contribution >= 4 is 6.09 Å². The van der Waals surface area contributed by atoms with Crippen molar-refractivity contribution in [2.45, 2.75) is 19.4 Å². The number of aliphatic hydroxyl groups is 1. The summed E-state index contributed by atoms with van der Waals surface area (Å²) in [5.41, 5.74) is 1.05. The van der Waals surface area contributed by atoms with E-state index in [4.69, 9.17) is 9.84 Å². The number of hydrogen-bond donors (Lipinski definition) is 2. The first-order chi connectivity index (χ1) is 7.77. The van der Waals surface area contributed by atoms with Crippen LogP contribution in [-0.4, -0.2) is 24.4 Å². The molecule has 4 nitrogen and oxygen atoms in total. The minimum Gasteiger partial charge on any atom is -0.447 e. The van der Waals surface area contributed by atoms with E-state index >= 15 is 0 Å². The van der Waals surface area contributed by atoms with Crippen molar-refractivity contribution in [2.75, 3.05) is 13.2 Å². The van der Waals surface area contributed by atoms with Crippen LogP contribution in [0.4, 0.5) is 4.79 Å². The molecule has 1 aromatic carbocycles. The lowest BCUT2D eigenvalue weighted by Crippen LogP contribution is -2.29. The number of benzene rings is 1. The van der Waals surface area contributed by atoms with E-state index in [1.54, 1.807) is 0 Å². The molecule has 2 N–H and O–H groups in total. The average Bonchev–Trinajstić information content (AvgIpc) is 2.34. The Balaban J connectivity index is 2.52. The quantitative estimate of drug-likeness (QED) is 0.801. The van der Waals surface area contributed by atoms with E-state index in [0.717, 1.165) is 12.0 Å². The third kappa shape index (κ3) is 3.90. The molecule has 88 valence electrons. The van der Waals surface area contributed by atoms with Crippen molar-refractivity contribution in [3.05, 3.63) is 35.9 Å². The molecule has 1 unspecified atom stereocenters. The second-order valence-electron chi connectivity index (χ2n) is 3.38. The fourth-order valence-corrected chi connectivity index (χ4v) is 1.43. The topological polar surface area (TPSA) is 58.6 Å². The molecular weight excluding hydrogens is 206 g/mol. The second-order valence-corrected chi connectivity index (χ2v) is 3.38. The van der Waals surface area contributed by atoms with Crippen LogP contribution in [0.1, 0.15) is 24.9 Å². The summed E-state index contributed by atoms with van der Waals surface area (Å²) in [6, 6.07) is 9.66. The lowest BCUT2D eigenvalue weighted by molar-refractivity contribution is 0.116. The van der Waals surface area contributed by atoms with Crippen molar-refractivity contribution in [3.63, 3.8) is 0 Å². The van der Waals surface area contributed by atoms with Crippen LogP contribution in [0.5, 0.6) is 0 Å². The predicted octanol–water partition coefficient (Wildman–Crippen LogP) is 1.86. The zero-order valence-corrected chi connectivity index (χ0v) is 9.35. The minimum absolute atomic E-state index is 0.0249. The van der Waals surface area contributed by atoms with Gasteiger partial charge in [0.2, 0.25) is 0 Å². The summed E-state index contributed by atoms with van der Waals surface area (Å²) in [4.78, 5) is 11.3. The third-order valence-electron chi connectivity index (χ3n) is 2.23. The minimum atomic E-state index is -0.496. The van der Waals surface area contributed by atoms with Crippen LogP contribution >= 0.6 is 0 Å². The first-order valence-corrected chi connectivity index (χ1v) is 5.37. The highest BCUT2D eigenvalue weighted by Gasteiger charge is 2.12. The Morgan fingerprint density at radius 3 is 2.69 bits per heavy atom. The maximum absolute atomic E-state index is 11.3. The number of aliphatic hydroxyl groups excluding tert-OH is 1. The smallest absolute Gasteiger partial charge is 0.407 e. The molecule has 0 bridgehead atoms. The van der Waals surface area contributed by atoms with Gasteiger partial charge in [0, 0.05) is 0 Å². The zero-order valence-electron chi connectivity index (χ0n) is 9.35. The SMILES string of the molecule is CCC(NC(=O)OCCO)c1ccccc1. The summed E-state index contributed by atoms with van der Waals surface area (Å²) in [6.07, 6.45) is 0.294. The van der Waals surface area contributed by atoms with E-state index in [2.05, 4.69) is 5.32 Å². The number of carbonyl (C=O) groups is 1. The predicted molar refractivity (Wildman–Crippen MR) is 61.0 cm³/mol.